The molecule has 1 fully saturated rings. The van der Waals surface area contributed by atoms with E-state index in [1.54, 1.807) is 19.9 Å². The van der Waals surface area contributed by atoms with Gasteiger partial charge >= 0.3 is 0 Å². The van der Waals surface area contributed by atoms with Crippen LogP contribution in [0.15, 0.2) is 23.1 Å². The number of nitrogen functional groups attached to an aromatic ring is 1. The monoisotopic (exact) mass is 282 g/mol. The molecule has 1 unspecified atom stereocenters. The molecular weight excluding hydrogens is 267 g/mol. The lowest BCUT2D eigenvalue weighted by Crippen LogP contribution is -2.37. The molecule has 102 valence electrons. The van der Waals surface area contributed by atoms with E-state index in [-0.39, 0.29) is 24.3 Å². The lowest BCUT2D eigenvalue weighted by molar-refractivity contribution is -0.140. The number of nitrogens with two attached hydrogens (primary N) is 1. The number of thioether (sulfide) groups is 1. The molecule has 0 bridgehead atoms. The molecule has 2 rings (SSSR count). The fourth-order valence-electron chi connectivity index (χ4n) is 2.02. The molecule has 2 N–H and O–H groups in total. The Kier molecular flexibility index (Phi) is 3.80. The summed E-state index contributed by atoms with van der Waals surface area (Å²) < 4.78 is 13.7. The second kappa shape index (κ2) is 5.21. The zero-order chi connectivity index (χ0) is 14.2. The van der Waals surface area contributed by atoms with Gasteiger partial charge in [0.05, 0.1) is 5.25 Å². The molecule has 1 saturated heterocycles. The van der Waals surface area contributed by atoms with E-state index >= 15 is 0 Å². The molecule has 6 heteroatoms. The van der Waals surface area contributed by atoms with Crippen molar-refractivity contribution in [3.8, 4) is 0 Å². The Balaban J connectivity index is 2.16. The van der Waals surface area contributed by atoms with Gasteiger partial charge in [-0.1, -0.05) is 0 Å². The minimum atomic E-state index is -0.548. The van der Waals surface area contributed by atoms with Crippen LogP contribution in [-0.4, -0.2) is 28.0 Å². The summed E-state index contributed by atoms with van der Waals surface area (Å²) in [5.41, 5.74) is 5.80. The van der Waals surface area contributed by atoms with Crippen LogP contribution in [0, 0.1) is 5.82 Å². The van der Waals surface area contributed by atoms with Crippen molar-refractivity contribution in [2.75, 3.05) is 5.73 Å². The molecule has 0 radical (unpaired) electrons. The summed E-state index contributed by atoms with van der Waals surface area (Å²) >= 11 is 1.08. The number of carbonyl (C=O) groups is 2. The molecule has 0 spiro atoms. The minimum absolute atomic E-state index is 0.117. The largest absolute Gasteiger partial charge is 0.399 e. The average molecular weight is 282 g/mol. The van der Waals surface area contributed by atoms with E-state index < -0.39 is 11.1 Å². The molecule has 0 aliphatic carbocycles. The molecule has 2 amide bonds. The molecule has 4 nitrogen and oxygen atoms in total. The predicted molar refractivity (Wildman–Crippen MR) is 72.1 cm³/mol. The van der Waals surface area contributed by atoms with E-state index in [0.29, 0.717) is 10.6 Å². The van der Waals surface area contributed by atoms with Gasteiger partial charge in [0.1, 0.15) is 5.82 Å². The molecule has 1 aliphatic rings. The van der Waals surface area contributed by atoms with Gasteiger partial charge < -0.3 is 5.73 Å². The molecule has 1 aromatic carbocycles. The highest BCUT2D eigenvalue weighted by molar-refractivity contribution is 8.00. The Morgan fingerprint density at radius 3 is 2.63 bits per heavy atom. The molecule has 19 heavy (non-hydrogen) atoms. The van der Waals surface area contributed by atoms with Crippen molar-refractivity contribution in [3.63, 3.8) is 0 Å². The standard InChI is InChI=1S/C13H15FN2O2S/c1-7(2)16-12(17)6-11(13(16)18)19-10-4-3-8(15)5-9(10)14/h3-5,7,11H,6,15H2,1-2H3. The number of rotatable bonds is 3. The quantitative estimate of drug-likeness (QED) is 0.680. The lowest BCUT2D eigenvalue weighted by Gasteiger charge is -2.18. The summed E-state index contributed by atoms with van der Waals surface area (Å²) in [4.78, 5) is 25.4. The highest BCUT2D eigenvalue weighted by Gasteiger charge is 2.40. The van der Waals surface area contributed by atoms with E-state index in [0.717, 1.165) is 11.8 Å². The van der Waals surface area contributed by atoms with Gasteiger partial charge in [0, 0.05) is 23.0 Å². The SMILES string of the molecule is CC(C)N1C(=O)CC(Sc2ccc(N)cc2F)C1=O. The summed E-state index contributed by atoms with van der Waals surface area (Å²) in [7, 11) is 0. The third-order valence-electron chi connectivity index (χ3n) is 2.88. The van der Waals surface area contributed by atoms with Crippen LogP contribution >= 0.6 is 11.8 Å². The number of carbonyl (C=O) groups excluding carboxylic acids is 2. The molecule has 0 saturated carbocycles. The van der Waals surface area contributed by atoms with Crippen molar-refractivity contribution in [1.82, 2.24) is 4.90 Å². The number of halogens is 1. The van der Waals surface area contributed by atoms with Crippen molar-refractivity contribution in [2.45, 2.75) is 36.5 Å². The van der Waals surface area contributed by atoms with Crippen molar-refractivity contribution < 1.29 is 14.0 Å². The molecule has 1 aromatic rings. The van der Waals surface area contributed by atoms with E-state index in [9.17, 15) is 14.0 Å². The average Bonchev–Trinajstić information content (AvgIpc) is 2.58. The minimum Gasteiger partial charge on any atom is -0.399 e. The molecule has 0 aromatic heterocycles. The molecule has 1 aliphatic heterocycles. The fourth-order valence-corrected chi connectivity index (χ4v) is 3.09. The van der Waals surface area contributed by atoms with Crippen LogP contribution in [0.1, 0.15) is 20.3 Å². The summed E-state index contributed by atoms with van der Waals surface area (Å²) in [6, 6.07) is 4.16. The first kappa shape index (κ1) is 13.9. The van der Waals surface area contributed by atoms with Gasteiger partial charge in [0.2, 0.25) is 11.8 Å². The van der Waals surface area contributed by atoms with E-state index in [4.69, 9.17) is 5.73 Å². The number of anilines is 1. The van der Waals surface area contributed by atoms with Crippen molar-refractivity contribution in [2.24, 2.45) is 0 Å². The van der Waals surface area contributed by atoms with Crippen LogP contribution in [0.25, 0.3) is 0 Å². The van der Waals surface area contributed by atoms with Gasteiger partial charge in [-0.25, -0.2) is 4.39 Å². The van der Waals surface area contributed by atoms with Crippen LogP contribution in [0.2, 0.25) is 0 Å². The Bertz CT molecular complexity index is 533. The summed E-state index contributed by atoms with van der Waals surface area (Å²) in [6.45, 7) is 3.57. The molecule has 1 atom stereocenters. The lowest BCUT2D eigenvalue weighted by atomic mass is 10.3. The number of imide groups is 1. The molecular formula is C13H15FN2O2S. The maximum absolute atomic E-state index is 13.7. The normalized spacial score (nSPS) is 19.6. The number of likely N-dealkylation sites (tertiary alicyclic amines) is 1. The highest BCUT2D eigenvalue weighted by Crippen LogP contribution is 2.34. The number of amides is 2. The van der Waals surface area contributed by atoms with Crippen molar-refractivity contribution in [1.29, 1.82) is 0 Å². The van der Waals surface area contributed by atoms with Gasteiger partial charge in [-0.15, -0.1) is 11.8 Å². The van der Waals surface area contributed by atoms with Crippen LogP contribution in [0.4, 0.5) is 10.1 Å². The Hall–Kier alpha value is -1.56. The first-order valence-corrected chi connectivity index (χ1v) is 6.85. The van der Waals surface area contributed by atoms with Gasteiger partial charge in [0.15, 0.2) is 0 Å². The predicted octanol–water partition coefficient (Wildman–Crippen LogP) is 2.04. The topological polar surface area (TPSA) is 63.4 Å². The summed E-state index contributed by atoms with van der Waals surface area (Å²) in [6.07, 6.45) is 0.117. The van der Waals surface area contributed by atoms with E-state index in [1.165, 1.54) is 17.0 Å². The van der Waals surface area contributed by atoms with Gasteiger partial charge in [-0.2, -0.15) is 0 Å². The number of hydrogen-bond acceptors (Lipinski definition) is 4. The first-order valence-electron chi connectivity index (χ1n) is 5.97. The first-order chi connectivity index (χ1) is 8.90. The van der Waals surface area contributed by atoms with Crippen LogP contribution in [0.5, 0.6) is 0 Å². The number of nitrogens with zero attached hydrogens (tertiary/aromatic N) is 1. The Morgan fingerprint density at radius 2 is 2.11 bits per heavy atom. The second-order valence-corrected chi connectivity index (χ2v) is 5.94. The zero-order valence-electron chi connectivity index (χ0n) is 10.7. The van der Waals surface area contributed by atoms with Crippen molar-refractivity contribution in [3.05, 3.63) is 24.0 Å². The molecule has 1 heterocycles. The van der Waals surface area contributed by atoms with E-state index in [2.05, 4.69) is 0 Å². The smallest absolute Gasteiger partial charge is 0.243 e. The maximum Gasteiger partial charge on any atom is 0.243 e. The number of benzene rings is 1. The Morgan fingerprint density at radius 1 is 1.42 bits per heavy atom. The van der Waals surface area contributed by atoms with Crippen LogP contribution < -0.4 is 5.73 Å². The Labute approximate surface area is 115 Å². The fraction of sp³-hybridized carbons (Fsp3) is 0.385. The van der Waals surface area contributed by atoms with Gasteiger partial charge in [-0.05, 0) is 32.0 Å². The van der Waals surface area contributed by atoms with Crippen molar-refractivity contribution >= 4 is 29.3 Å². The highest BCUT2D eigenvalue weighted by atomic mass is 32.2. The van der Waals surface area contributed by atoms with E-state index in [1.807, 2.05) is 0 Å². The second-order valence-electron chi connectivity index (χ2n) is 4.70. The van der Waals surface area contributed by atoms with Crippen LogP contribution in [0.3, 0.4) is 0 Å². The zero-order valence-corrected chi connectivity index (χ0v) is 11.5. The number of hydrogen-bond donors (Lipinski definition) is 1. The van der Waals surface area contributed by atoms with Gasteiger partial charge in [-0.3, -0.25) is 14.5 Å². The van der Waals surface area contributed by atoms with Gasteiger partial charge in [0.25, 0.3) is 0 Å². The third kappa shape index (κ3) is 2.73. The van der Waals surface area contributed by atoms with Crippen LogP contribution in [-0.2, 0) is 9.59 Å². The third-order valence-corrected chi connectivity index (χ3v) is 4.12. The maximum atomic E-state index is 13.7. The summed E-state index contributed by atoms with van der Waals surface area (Å²) in [5, 5.41) is -0.548. The summed E-state index contributed by atoms with van der Waals surface area (Å²) in [5.74, 6) is -0.914.